The van der Waals surface area contributed by atoms with Crippen LogP contribution in [0.5, 0.6) is 0 Å². The highest BCUT2D eigenvalue weighted by Crippen LogP contribution is 2.60. The standard InChI is InChI=1S/C79H57F6N3/c1-48-26-34-61-66(41-48)74(49-15-5-4-6-16-49)67-23-11-12-39-76(67,2)75(61)50-27-32-57(33-28-50)86-71-36-30-52(51-29-35-70-63(42-51)60-21-7-9-24-69(60)87(70)58-19-13-17-55(46-58)78(80,81)82)43-64(71)65-44-53(31-37-72(65)86)54-38-40-77(3)68(45-54)62-22-8-10-25-73(62)88(77)59-20-14-18-56(47-59)79(83,84)85/h4-40,42-48,68,75H,41H2,1-3H3. The van der Waals surface area contributed by atoms with Gasteiger partial charge in [0.2, 0.25) is 0 Å². The summed E-state index contributed by atoms with van der Waals surface area (Å²) < 4.78 is 89.3. The lowest BCUT2D eigenvalue weighted by Gasteiger charge is -2.46. The highest BCUT2D eigenvalue weighted by Gasteiger charge is 2.49. The number of para-hydroxylation sites is 2. The van der Waals surface area contributed by atoms with Gasteiger partial charge in [0.1, 0.15) is 0 Å². The van der Waals surface area contributed by atoms with Crippen molar-refractivity contribution in [1.29, 1.82) is 0 Å². The number of fused-ring (bicyclic) bond motifs is 10. The molecular weight excluding hydrogens is 1100 g/mol. The zero-order valence-electron chi connectivity index (χ0n) is 48.4. The molecule has 0 saturated carbocycles. The Morgan fingerprint density at radius 3 is 1.77 bits per heavy atom. The molecule has 5 atom stereocenters. The summed E-state index contributed by atoms with van der Waals surface area (Å²) >= 11 is 0. The predicted octanol–water partition coefficient (Wildman–Crippen LogP) is 21.8. The Kier molecular flexibility index (Phi) is 11.9. The van der Waals surface area contributed by atoms with Crippen molar-refractivity contribution in [3.05, 3.63) is 311 Å². The molecule has 11 aromatic rings. The Labute approximate surface area is 505 Å². The second kappa shape index (κ2) is 19.6. The average molecular weight is 1160 g/mol. The molecule has 430 valence electrons. The molecule has 5 unspecified atom stereocenters. The summed E-state index contributed by atoms with van der Waals surface area (Å²) in [6.07, 6.45) is 12.4. The van der Waals surface area contributed by atoms with Crippen LogP contribution >= 0.6 is 0 Å². The molecule has 3 heterocycles. The van der Waals surface area contributed by atoms with Gasteiger partial charge in [0.05, 0.1) is 38.7 Å². The smallest absolute Gasteiger partial charge is 0.331 e. The summed E-state index contributed by atoms with van der Waals surface area (Å²) in [5.74, 6) is 0.282. The molecule has 0 amide bonds. The molecule has 4 aliphatic carbocycles. The second-order valence-corrected chi connectivity index (χ2v) is 24.7. The van der Waals surface area contributed by atoms with Gasteiger partial charge in [0.25, 0.3) is 0 Å². The largest absolute Gasteiger partial charge is 0.416 e. The SMILES string of the molecule is CC1C=CC2=C(C1)C(c1ccccc1)=C1C=CC=CC1(C)C2c1ccc(-n2c3ccc(C4=CC5c6ccccc6N(c6cccc(C(F)(F)F)c6)C5(C)C=C4)cc3c3cc(-c4ccc5c(c4)c4ccccc4n5-c4cccc(C(F)(F)F)c4)ccc32)cc1. The summed E-state index contributed by atoms with van der Waals surface area (Å²) in [6.45, 7) is 6.80. The Balaban J connectivity index is 0.842. The van der Waals surface area contributed by atoms with Crippen LogP contribution in [0.3, 0.4) is 0 Å². The molecule has 9 aromatic carbocycles. The van der Waals surface area contributed by atoms with Crippen LogP contribution in [0.25, 0.3) is 77.3 Å². The van der Waals surface area contributed by atoms with Crippen LogP contribution in [0.4, 0.5) is 37.7 Å². The van der Waals surface area contributed by atoms with E-state index in [1.165, 1.54) is 57.7 Å². The van der Waals surface area contributed by atoms with Gasteiger partial charge < -0.3 is 14.0 Å². The number of halogens is 6. The van der Waals surface area contributed by atoms with Crippen LogP contribution in [0.2, 0.25) is 0 Å². The maximum absolute atomic E-state index is 14.2. The molecule has 0 bridgehead atoms. The van der Waals surface area contributed by atoms with Crippen LogP contribution in [0.1, 0.15) is 72.4 Å². The van der Waals surface area contributed by atoms with Crippen LogP contribution < -0.4 is 4.90 Å². The van der Waals surface area contributed by atoms with Crippen molar-refractivity contribution in [1.82, 2.24) is 9.13 Å². The summed E-state index contributed by atoms with van der Waals surface area (Å²) in [7, 11) is 0. The Hall–Kier alpha value is -9.86. The lowest BCUT2D eigenvalue weighted by Crippen LogP contribution is -2.42. The average Bonchev–Trinajstić information content (AvgIpc) is 1.04. The van der Waals surface area contributed by atoms with Gasteiger partial charge in [-0.25, -0.2) is 0 Å². The van der Waals surface area contributed by atoms with Crippen LogP contribution in [-0.2, 0) is 12.4 Å². The van der Waals surface area contributed by atoms with Crippen LogP contribution in [0, 0.1) is 11.3 Å². The van der Waals surface area contributed by atoms with E-state index in [2.05, 4.69) is 189 Å². The Bertz CT molecular complexity index is 4980. The number of aromatic nitrogens is 2. The quantitative estimate of drug-likeness (QED) is 0.145. The first-order chi connectivity index (χ1) is 42.5. The number of nitrogens with zero attached hydrogens (tertiary/aromatic N) is 3. The maximum Gasteiger partial charge on any atom is 0.416 e. The van der Waals surface area contributed by atoms with Crippen molar-refractivity contribution in [2.45, 2.75) is 56.9 Å². The monoisotopic (exact) mass is 1160 g/mol. The number of alkyl halides is 6. The van der Waals surface area contributed by atoms with E-state index < -0.39 is 29.0 Å². The van der Waals surface area contributed by atoms with E-state index in [0.717, 1.165) is 101 Å². The van der Waals surface area contributed by atoms with Gasteiger partial charge in [-0.2, -0.15) is 26.3 Å². The van der Waals surface area contributed by atoms with Crippen LogP contribution in [-0.4, -0.2) is 14.7 Å². The highest BCUT2D eigenvalue weighted by atomic mass is 19.4. The summed E-state index contributed by atoms with van der Waals surface area (Å²) in [4.78, 5) is 2.05. The maximum atomic E-state index is 14.2. The van der Waals surface area contributed by atoms with E-state index in [4.69, 9.17) is 0 Å². The van der Waals surface area contributed by atoms with Gasteiger partial charge in [-0.05, 0) is 178 Å². The van der Waals surface area contributed by atoms with E-state index in [1.807, 2.05) is 58.0 Å². The first kappa shape index (κ1) is 53.6. The van der Waals surface area contributed by atoms with Gasteiger partial charge in [-0.1, -0.05) is 178 Å². The molecule has 5 aliphatic rings. The fraction of sp³-hybridized carbons (Fsp3) is 0.139. The number of benzene rings is 9. The van der Waals surface area contributed by atoms with Gasteiger partial charge in [-0.3, -0.25) is 0 Å². The van der Waals surface area contributed by atoms with Gasteiger partial charge in [0, 0.05) is 61.5 Å². The molecule has 3 nitrogen and oxygen atoms in total. The summed E-state index contributed by atoms with van der Waals surface area (Å²) in [5, 5.41) is 3.93. The van der Waals surface area contributed by atoms with Crippen molar-refractivity contribution in [2.24, 2.45) is 11.3 Å². The fourth-order valence-electron chi connectivity index (χ4n) is 15.4. The van der Waals surface area contributed by atoms with Crippen molar-refractivity contribution >= 4 is 66.1 Å². The Morgan fingerprint density at radius 1 is 0.477 bits per heavy atom. The lowest BCUT2D eigenvalue weighted by atomic mass is 9.56. The highest BCUT2D eigenvalue weighted by molar-refractivity contribution is 6.13. The minimum absolute atomic E-state index is 0.0614. The molecule has 0 radical (unpaired) electrons. The van der Waals surface area contributed by atoms with E-state index >= 15 is 0 Å². The van der Waals surface area contributed by atoms with E-state index in [1.54, 1.807) is 12.1 Å². The molecule has 88 heavy (non-hydrogen) atoms. The van der Waals surface area contributed by atoms with Crippen molar-refractivity contribution in [3.8, 4) is 22.5 Å². The fourth-order valence-corrected chi connectivity index (χ4v) is 15.4. The number of hydrogen-bond acceptors (Lipinski definition) is 1. The molecule has 0 N–H and O–H groups in total. The molecule has 0 saturated heterocycles. The minimum atomic E-state index is -4.50. The van der Waals surface area contributed by atoms with E-state index in [0.29, 0.717) is 17.3 Å². The van der Waals surface area contributed by atoms with Crippen LogP contribution in [0.15, 0.2) is 278 Å². The molecule has 0 fully saturated rings. The molecule has 1 aliphatic heterocycles. The number of hydrogen-bond donors (Lipinski definition) is 0. The van der Waals surface area contributed by atoms with E-state index in [9.17, 15) is 26.3 Å². The Morgan fingerprint density at radius 2 is 1.07 bits per heavy atom. The molecule has 16 rings (SSSR count). The first-order valence-corrected chi connectivity index (χ1v) is 30.0. The third-order valence-electron chi connectivity index (χ3n) is 19.4. The molecule has 0 spiro atoms. The predicted molar refractivity (Wildman–Crippen MR) is 346 cm³/mol. The summed E-state index contributed by atoms with van der Waals surface area (Å²) in [5.41, 5.74) is 16.9. The first-order valence-electron chi connectivity index (χ1n) is 30.0. The van der Waals surface area contributed by atoms with Gasteiger partial charge in [0.15, 0.2) is 0 Å². The molecule has 2 aromatic heterocycles. The number of anilines is 2. The zero-order valence-corrected chi connectivity index (χ0v) is 48.4. The van der Waals surface area contributed by atoms with Crippen molar-refractivity contribution < 1.29 is 26.3 Å². The zero-order chi connectivity index (χ0) is 60.0. The lowest BCUT2D eigenvalue weighted by molar-refractivity contribution is -0.138. The third kappa shape index (κ3) is 8.26. The summed E-state index contributed by atoms with van der Waals surface area (Å²) in [6, 6.07) is 66.5. The minimum Gasteiger partial charge on any atom is -0.331 e. The van der Waals surface area contributed by atoms with Crippen molar-refractivity contribution in [2.75, 3.05) is 4.90 Å². The van der Waals surface area contributed by atoms with Gasteiger partial charge >= 0.3 is 12.4 Å². The molecule has 9 heteroatoms. The van der Waals surface area contributed by atoms with E-state index in [-0.39, 0.29) is 17.3 Å². The normalized spacial score (nSPS) is 21.4. The van der Waals surface area contributed by atoms with Crippen molar-refractivity contribution in [3.63, 3.8) is 0 Å². The number of rotatable bonds is 7. The topological polar surface area (TPSA) is 13.1 Å². The molecular formula is C79H57F6N3. The number of allylic oxidation sites excluding steroid dienone is 12. The van der Waals surface area contributed by atoms with Gasteiger partial charge in [-0.15, -0.1) is 0 Å². The third-order valence-corrected chi connectivity index (χ3v) is 19.4. The second-order valence-electron chi connectivity index (χ2n) is 24.7.